The summed E-state index contributed by atoms with van der Waals surface area (Å²) in [7, 11) is 0. The van der Waals surface area contributed by atoms with Gasteiger partial charge in [0.05, 0.1) is 13.2 Å². The van der Waals surface area contributed by atoms with Crippen LogP contribution in [0.25, 0.3) is 0 Å². The average Bonchev–Trinajstić information content (AvgIpc) is 2.64. The second kappa shape index (κ2) is 11.9. The molecule has 0 radical (unpaired) electrons. The molecule has 1 saturated heterocycles. The molecule has 1 aliphatic rings. The molecule has 0 bridgehead atoms. The summed E-state index contributed by atoms with van der Waals surface area (Å²) >= 11 is 0. The SMILES string of the molecule is CCNC(=NCCOCC(C)C)NC1CCN(Cc2ccccc2)CC1. The summed E-state index contributed by atoms with van der Waals surface area (Å²) in [5.74, 6) is 1.49. The summed E-state index contributed by atoms with van der Waals surface area (Å²) in [6.45, 7) is 12.8. The quantitative estimate of drug-likeness (QED) is 0.404. The van der Waals surface area contributed by atoms with Crippen molar-refractivity contribution in [3.05, 3.63) is 35.9 Å². The number of likely N-dealkylation sites (tertiary alicyclic amines) is 1. The van der Waals surface area contributed by atoms with Gasteiger partial charge in [-0.15, -0.1) is 0 Å². The highest BCUT2D eigenvalue weighted by Crippen LogP contribution is 2.13. The third-order valence-electron chi connectivity index (χ3n) is 4.48. The highest BCUT2D eigenvalue weighted by atomic mass is 16.5. The molecule has 1 aromatic rings. The van der Waals surface area contributed by atoms with Gasteiger partial charge in [-0.2, -0.15) is 0 Å². The summed E-state index contributed by atoms with van der Waals surface area (Å²) in [5, 5.41) is 6.95. The van der Waals surface area contributed by atoms with Crippen LogP contribution >= 0.6 is 0 Å². The first-order valence-corrected chi connectivity index (χ1v) is 10.1. The van der Waals surface area contributed by atoms with Crippen LogP contribution in [0.5, 0.6) is 0 Å². The molecule has 2 rings (SSSR count). The third kappa shape index (κ3) is 8.19. The molecule has 5 heteroatoms. The Morgan fingerprint density at radius 2 is 1.96 bits per heavy atom. The lowest BCUT2D eigenvalue weighted by molar-refractivity contribution is 0.116. The molecule has 1 fully saturated rings. The fourth-order valence-electron chi connectivity index (χ4n) is 3.13. The number of aliphatic imine (C=N–C) groups is 1. The minimum absolute atomic E-state index is 0.497. The molecule has 146 valence electrons. The number of nitrogens with zero attached hydrogens (tertiary/aromatic N) is 2. The molecular formula is C21H36N4O. The van der Waals surface area contributed by atoms with E-state index >= 15 is 0 Å². The molecule has 1 aliphatic heterocycles. The Balaban J connectivity index is 1.70. The van der Waals surface area contributed by atoms with Crippen LogP contribution in [-0.2, 0) is 11.3 Å². The summed E-state index contributed by atoms with van der Waals surface area (Å²) < 4.78 is 5.61. The van der Waals surface area contributed by atoms with Crippen LogP contribution in [0.2, 0.25) is 0 Å². The van der Waals surface area contributed by atoms with Gasteiger partial charge < -0.3 is 15.4 Å². The highest BCUT2D eigenvalue weighted by molar-refractivity contribution is 5.80. The van der Waals surface area contributed by atoms with Gasteiger partial charge in [0.2, 0.25) is 0 Å². The van der Waals surface area contributed by atoms with E-state index in [1.165, 1.54) is 5.56 Å². The van der Waals surface area contributed by atoms with Crippen LogP contribution in [0, 0.1) is 5.92 Å². The van der Waals surface area contributed by atoms with Gasteiger partial charge in [0.1, 0.15) is 0 Å². The van der Waals surface area contributed by atoms with Crippen LogP contribution < -0.4 is 10.6 Å². The molecular weight excluding hydrogens is 324 g/mol. The Hall–Kier alpha value is -1.59. The molecule has 0 amide bonds. The standard InChI is InChI=1S/C21H36N4O/c1-4-22-21(23-12-15-26-17-18(2)3)24-20-10-13-25(14-11-20)16-19-8-6-5-7-9-19/h5-9,18,20H,4,10-17H2,1-3H3,(H2,22,23,24). The zero-order valence-corrected chi connectivity index (χ0v) is 16.7. The number of ether oxygens (including phenoxy) is 1. The molecule has 0 unspecified atom stereocenters. The van der Waals surface area contributed by atoms with Gasteiger partial charge in [-0.3, -0.25) is 9.89 Å². The van der Waals surface area contributed by atoms with E-state index in [0.717, 1.165) is 51.6 Å². The Morgan fingerprint density at radius 1 is 1.23 bits per heavy atom. The number of guanidine groups is 1. The predicted octanol–water partition coefficient (Wildman–Crippen LogP) is 2.88. The van der Waals surface area contributed by atoms with Crippen molar-refractivity contribution in [3.63, 3.8) is 0 Å². The minimum atomic E-state index is 0.497. The normalized spacial score (nSPS) is 16.8. The Morgan fingerprint density at radius 3 is 2.62 bits per heavy atom. The van der Waals surface area contributed by atoms with Crippen molar-refractivity contribution in [3.8, 4) is 0 Å². The molecule has 26 heavy (non-hydrogen) atoms. The molecule has 0 spiro atoms. The number of piperidine rings is 1. The Labute approximate surface area is 159 Å². The molecule has 0 aromatic heterocycles. The molecule has 5 nitrogen and oxygen atoms in total. The van der Waals surface area contributed by atoms with E-state index in [4.69, 9.17) is 4.74 Å². The highest BCUT2D eigenvalue weighted by Gasteiger charge is 2.19. The monoisotopic (exact) mass is 360 g/mol. The zero-order valence-electron chi connectivity index (χ0n) is 16.7. The van der Waals surface area contributed by atoms with Gasteiger partial charge in [-0.25, -0.2) is 0 Å². The average molecular weight is 361 g/mol. The smallest absolute Gasteiger partial charge is 0.191 e. The fraction of sp³-hybridized carbons (Fsp3) is 0.667. The Kier molecular flexibility index (Phi) is 9.50. The molecule has 1 aromatic carbocycles. The van der Waals surface area contributed by atoms with E-state index in [0.29, 0.717) is 25.1 Å². The summed E-state index contributed by atoms with van der Waals surface area (Å²) in [6, 6.07) is 11.2. The fourth-order valence-corrected chi connectivity index (χ4v) is 3.13. The largest absolute Gasteiger partial charge is 0.379 e. The Bertz CT molecular complexity index is 510. The van der Waals surface area contributed by atoms with Gasteiger partial charge in [-0.05, 0) is 31.2 Å². The predicted molar refractivity (Wildman–Crippen MR) is 110 cm³/mol. The van der Waals surface area contributed by atoms with Gasteiger partial charge in [0.25, 0.3) is 0 Å². The second-order valence-corrected chi connectivity index (χ2v) is 7.41. The summed E-state index contributed by atoms with van der Waals surface area (Å²) in [6.07, 6.45) is 2.31. The molecule has 0 atom stereocenters. The van der Waals surface area contributed by atoms with E-state index in [2.05, 4.69) is 71.6 Å². The van der Waals surface area contributed by atoms with Crippen molar-refractivity contribution in [1.29, 1.82) is 0 Å². The maximum atomic E-state index is 5.61. The van der Waals surface area contributed by atoms with Crippen molar-refractivity contribution < 1.29 is 4.74 Å². The first-order chi connectivity index (χ1) is 12.7. The van der Waals surface area contributed by atoms with Crippen molar-refractivity contribution >= 4 is 5.96 Å². The van der Waals surface area contributed by atoms with Crippen molar-refractivity contribution in [1.82, 2.24) is 15.5 Å². The molecule has 1 heterocycles. The maximum Gasteiger partial charge on any atom is 0.191 e. The number of hydrogen-bond donors (Lipinski definition) is 2. The summed E-state index contributed by atoms with van der Waals surface area (Å²) in [4.78, 5) is 7.19. The number of rotatable bonds is 9. The van der Waals surface area contributed by atoms with E-state index in [9.17, 15) is 0 Å². The van der Waals surface area contributed by atoms with Crippen LogP contribution in [0.4, 0.5) is 0 Å². The maximum absolute atomic E-state index is 5.61. The molecule has 2 N–H and O–H groups in total. The second-order valence-electron chi connectivity index (χ2n) is 7.41. The van der Waals surface area contributed by atoms with Crippen LogP contribution in [-0.4, -0.2) is 56.3 Å². The first-order valence-electron chi connectivity index (χ1n) is 10.1. The molecule has 0 aliphatic carbocycles. The van der Waals surface area contributed by atoms with Crippen molar-refractivity contribution in [2.75, 3.05) is 39.4 Å². The topological polar surface area (TPSA) is 48.9 Å². The lowest BCUT2D eigenvalue weighted by Gasteiger charge is -2.33. The van der Waals surface area contributed by atoms with Crippen molar-refractivity contribution in [2.45, 2.75) is 46.2 Å². The van der Waals surface area contributed by atoms with E-state index < -0.39 is 0 Å². The number of benzene rings is 1. The van der Waals surface area contributed by atoms with E-state index in [-0.39, 0.29) is 0 Å². The van der Waals surface area contributed by atoms with Crippen LogP contribution in [0.15, 0.2) is 35.3 Å². The lowest BCUT2D eigenvalue weighted by atomic mass is 10.0. The summed E-state index contributed by atoms with van der Waals surface area (Å²) in [5.41, 5.74) is 1.40. The van der Waals surface area contributed by atoms with Gasteiger partial charge >= 0.3 is 0 Å². The van der Waals surface area contributed by atoms with Crippen LogP contribution in [0.3, 0.4) is 0 Å². The first kappa shape index (κ1) is 20.7. The van der Waals surface area contributed by atoms with E-state index in [1.54, 1.807) is 0 Å². The molecule has 0 saturated carbocycles. The number of hydrogen-bond acceptors (Lipinski definition) is 3. The van der Waals surface area contributed by atoms with Gasteiger partial charge in [0.15, 0.2) is 5.96 Å². The van der Waals surface area contributed by atoms with Crippen molar-refractivity contribution in [2.24, 2.45) is 10.9 Å². The van der Waals surface area contributed by atoms with Gasteiger partial charge in [-0.1, -0.05) is 44.2 Å². The zero-order chi connectivity index (χ0) is 18.6. The van der Waals surface area contributed by atoms with E-state index in [1.807, 2.05) is 0 Å². The lowest BCUT2D eigenvalue weighted by Crippen LogP contribution is -2.48. The minimum Gasteiger partial charge on any atom is -0.379 e. The third-order valence-corrected chi connectivity index (χ3v) is 4.48. The van der Waals surface area contributed by atoms with Crippen LogP contribution in [0.1, 0.15) is 39.2 Å². The van der Waals surface area contributed by atoms with Gasteiger partial charge in [0, 0.05) is 38.8 Å². The number of nitrogens with one attached hydrogen (secondary N) is 2.